The number of halogens is 1. The fourth-order valence-electron chi connectivity index (χ4n) is 1.36. The van der Waals surface area contributed by atoms with Crippen LogP contribution >= 0.6 is 22.6 Å². The Hall–Kier alpha value is -1.11. The van der Waals surface area contributed by atoms with Gasteiger partial charge in [0.1, 0.15) is 0 Å². The topological polar surface area (TPSA) is 58.2 Å². The van der Waals surface area contributed by atoms with Gasteiger partial charge < -0.3 is 10.6 Å². The van der Waals surface area contributed by atoms with Crippen LogP contribution in [0.4, 0.5) is 0 Å². The van der Waals surface area contributed by atoms with Gasteiger partial charge >= 0.3 is 0 Å². The second-order valence-electron chi connectivity index (χ2n) is 5.24. The molecule has 2 N–H and O–H groups in total. The Morgan fingerprint density at radius 2 is 1.68 bits per heavy atom. The normalized spacial score (nSPS) is 10.9. The maximum absolute atomic E-state index is 11.9. The van der Waals surface area contributed by atoms with E-state index in [0.29, 0.717) is 18.7 Å². The lowest BCUT2D eigenvalue weighted by atomic mass is 9.96. The second kappa shape index (κ2) is 6.88. The van der Waals surface area contributed by atoms with Crippen LogP contribution in [-0.4, -0.2) is 24.9 Å². The number of rotatable bonds is 4. The zero-order chi connectivity index (χ0) is 14.5. The molecule has 1 aromatic carbocycles. The maximum Gasteiger partial charge on any atom is 0.252 e. The molecule has 0 atom stereocenters. The molecule has 0 bridgehead atoms. The number of amides is 2. The molecule has 0 aliphatic carbocycles. The van der Waals surface area contributed by atoms with Gasteiger partial charge in [0.25, 0.3) is 5.91 Å². The Labute approximate surface area is 127 Å². The smallest absolute Gasteiger partial charge is 0.252 e. The van der Waals surface area contributed by atoms with E-state index >= 15 is 0 Å². The molecule has 19 heavy (non-hydrogen) atoms. The summed E-state index contributed by atoms with van der Waals surface area (Å²) >= 11 is 2.13. The van der Waals surface area contributed by atoms with Crippen molar-refractivity contribution in [3.63, 3.8) is 0 Å². The van der Waals surface area contributed by atoms with Crippen LogP contribution in [0.1, 0.15) is 31.1 Å². The molecule has 0 radical (unpaired) electrons. The van der Waals surface area contributed by atoms with E-state index in [-0.39, 0.29) is 11.8 Å². The molecule has 1 aromatic rings. The molecule has 0 heterocycles. The molecule has 0 aromatic heterocycles. The first-order valence-corrected chi connectivity index (χ1v) is 7.21. The van der Waals surface area contributed by atoms with E-state index in [4.69, 9.17) is 0 Å². The van der Waals surface area contributed by atoms with Crippen molar-refractivity contribution in [1.82, 2.24) is 10.6 Å². The van der Waals surface area contributed by atoms with Crippen molar-refractivity contribution in [3.8, 4) is 0 Å². The molecule has 0 saturated heterocycles. The lowest BCUT2D eigenvalue weighted by Gasteiger charge is -2.17. The third kappa shape index (κ3) is 5.18. The number of carbonyl (C=O) groups excluding carboxylic acids is 2. The summed E-state index contributed by atoms with van der Waals surface area (Å²) in [7, 11) is 0. The van der Waals surface area contributed by atoms with Crippen LogP contribution in [0.5, 0.6) is 0 Å². The van der Waals surface area contributed by atoms with E-state index in [1.54, 1.807) is 6.07 Å². The second-order valence-corrected chi connectivity index (χ2v) is 6.40. The van der Waals surface area contributed by atoms with E-state index in [9.17, 15) is 9.59 Å². The first kappa shape index (κ1) is 15.9. The third-order valence-corrected chi connectivity index (χ3v) is 3.44. The summed E-state index contributed by atoms with van der Waals surface area (Å²) in [5.74, 6) is -0.133. The molecule has 0 spiro atoms. The average Bonchev–Trinajstić information content (AvgIpc) is 2.33. The minimum absolute atomic E-state index is 0.0176. The molecule has 1 rings (SSSR count). The van der Waals surface area contributed by atoms with E-state index in [1.807, 2.05) is 39.0 Å². The van der Waals surface area contributed by atoms with E-state index < -0.39 is 5.41 Å². The van der Waals surface area contributed by atoms with Gasteiger partial charge in [0.15, 0.2) is 0 Å². The van der Waals surface area contributed by atoms with Gasteiger partial charge in [-0.25, -0.2) is 0 Å². The molecule has 0 unspecified atom stereocenters. The monoisotopic (exact) mass is 374 g/mol. The molecular formula is C14H19IN2O2. The molecule has 104 valence electrons. The summed E-state index contributed by atoms with van der Waals surface area (Å²) in [5.41, 5.74) is 0.254. The first-order valence-electron chi connectivity index (χ1n) is 6.13. The van der Waals surface area contributed by atoms with Gasteiger partial charge in [-0.05, 0) is 34.7 Å². The number of benzene rings is 1. The van der Waals surface area contributed by atoms with Crippen molar-refractivity contribution in [2.24, 2.45) is 5.41 Å². The molecule has 0 aliphatic rings. The Balaban J connectivity index is 2.37. The standard InChI is InChI=1S/C14H19IN2O2/c1-14(2,3)13(19)17-9-8-16-12(18)10-6-4-5-7-11(10)15/h4-7H,8-9H2,1-3H3,(H,16,18)(H,17,19). The molecule has 4 nitrogen and oxygen atoms in total. The summed E-state index contributed by atoms with van der Waals surface area (Å²) in [6.07, 6.45) is 0. The summed E-state index contributed by atoms with van der Waals surface area (Å²) < 4.78 is 0.913. The quantitative estimate of drug-likeness (QED) is 0.627. The Morgan fingerprint density at radius 3 is 2.26 bits per heavy atom. The van der Waals surface area contributed by atoms with Crippen LogP contribution in [0.3, 0.4) is 0 Å². The molecular weight excluding hydrogens is 355 g/mol. The summed E-state index contributed by atoms with van der Waals surface area (Å²) in [5, 5.41) is 5.58. The van der Waals surface area contributed by atoms with Crippen molar-refractivity contribution >= 4 is 34.4 Å². The van der Waals surface area contributed by atoms with Gasteiger partial charge in [-0.3, -0.25) is 9.59 Å². The zero-order valence-electron chi connectivity index (χ0n) is 11.4. The van der Waals surface area contributed by atoms with Crippen molar-refractivity contribution in [2.45, 2.75) is 20.8 Å². The van der Waals surface area contributed by atoms with Gasteiger partial charge in [-0.2, -0.15) is 0 Å². The van der Waals surface area contributed by atoms with Crippen LogP contribution in [0, 0.1) is 8.99 Å². The number of hydrogen-bond acceptors (Lipinski definition) is 2. The van der Waals surface area contributed by atoms with Crippen molar-refractivity contribution in [3.05, 3.63) is 33.4 Å². The highest BCUT2D eigenvalue weighted by molar-refractivity contribution is 14.1. The largest absolute Gasteiger partial charge is 0.354 e. The number of carbonyl (C=O) groups is 2. The predicted molar refractivity (Wildman–Crippen MR) is 84.0 cm³/mol. The van der Waals surface area contributed by atoms with Gasteiger partial charge in [-0.15, -0.1) is 0 Å². The van der Waals surface area contributed by atoms with Crippen LogP contribution in [0.15, 0.2) is 24.3 Å². The van der Waals surface area contributed by atoms with E-state index in [0.717, 1.165) is 3.57 Å². The Bertz CT molecular complexity index is 467. The SMILES string of the molecule is CC(C)(C)C(=O)NCCNC(=O)c1ccccc1I. The van der Waals surface area contributed by atoms with E-state index in [1.165, 1.54) is 0 Å². The van der Waals surface area contributed by atoms with Crippen molar-refractivity contribution in [1.29, 1.82) is 0 Å². The van der Waals surface area contributed by atoms with Crippen LogP contribution < -0.4 is 10.6 Å². The van der Waals surface area contributed by atoms with Crippen LogP contribution in [0.25, 0.3) is 0 Å². The Morgan fingerprint density at radius 1 is 1.11 bits per heavy atom. The minimum Gasteiger partial charge on any atom is -0.354 e. The number of nitrogens with one attached hydrogen (secondary N) is 2. The fourth-order valence-corrected chi connectivity index (χ4v) is 1.99. The van der Waals surface area contributed by atoms with Gasteiger partial charge in [0.2, 0.25) is 5.91 Å². The van der Waals surface area contributed by atoms with Gasteiger partial charge in [-0.1, -0.05) is 32.9 Å². The molecule has 0 fully saturated rings. The van der Waals surface area contributed by atoms with E-state index in [2.05, 4.69) is 33.2 Å². The summed E-state index contributed by atoms with van der Waals surface area (Å²) in [4.78, 5) is 23.5. The summed E-state index contributed by atoms with van der Waals surface area (Å²) in [6, 6.07) is 7.39. The predicted octanol–water partition coefficient (Wildman–Crippen LogP) is 2.18. The number of hydrogen-bond donors (Lipinski definition) is 2. The minimum atomic E-state index is -0.404. The third-order valence-electron chi connectivity index (χ3n) is 2.50. The summed E-state index contributed by atoms with van der Waals surface area (Å²) in [6.45, 7) is 6.42. The van der Waals surface area contributed by atoms with Gasteiger partial charge in [0, 0.05) is 22.1 Å². The fraction of sp³-hybridized carbons (Fsp3) is 0.429. The molecule has 0 aliphatic heterocycles. The highest BCUT2D eigenvalue weighted by atomic mass is 127. The highest BCUT2D eigenvalue weighted by Gasteiger charge is 2.20. The molecule has 5 heteroatoms. The van der Waals surface area contributed by atoms with Crippen LogP contribution in [-0.2, 0) is 4.79 Å². The van der Waals surface area contributed by atoms with Crippen molar-refractivity contribution < 1.29 is 9.59 Å². The highest BCUT2D eigenvalue weighted by Crippen LogP contribution is 2.12. The average molecular weight is 374 g/mol. The van der Waals surface area contributed by atoms with Crippen LogP contribution in [0.2, 0.25) is 0 Å². The first-order chi connectivity index (χ1) is 8.82. The van der Waals surface area contributed by atoms with Gasteiger partial charge in [0.05, 0.1) is 5.56 Å². The zero-order valence-corrected chi connectivity index (χ0v) is 13.6. The lowest BCUT2D eigenvalue weighted by molar-refractivity contribution is -0.128. The Kier molecular flexibility index (Phi) is 5.78. The maximum atomic E-state index is 11.9. The molecule has 0 saturated carbocycles. The molecule has 2 amide bonds. The van der Waals surface area contributed by atoms with Crippen molar-refractivity contribution in [2.75, 3.05) is 13.1 Å². The lowest BCUT2D eigenvalue weighted by Crippen LogP contribution is -2.40.